The van der Waals surface area contributed by atoms with Crippen molar-refractivity contribution in [2.24, 2.45) is 0 Å². The number of H-pyrrole nitrogens is 1. The first-order valence-corrected chi connectivity index (χ1v) is 12.8. The van der Waals surface area contributed by atoms with Crippen molar-refractivity contribution in [2.45, 2.75) is 30.7 Å². The van der Waals surface area contributed by atoms with E-state index in [9.17, 15) is 13.2 Å². The van der Waals surface area contributed by atoms with Crippen LogP contribution in [0.15, 0.2) is 81.4 Å². The van der Waals surface area contributed by atoms with Crippen LogP contribution in [-0.2, 0) is 9.84 Å². The molecule has 0 bridgehead atoms. The average molecular weight is 502 g/mol. The molecule has 0 fully saturated rings. The molecule has 0 spiro atoms. The number of rotatable bonds is 6. The van der Waals surface area contributed by atoms with Crippen molar-refractivity contribution in [1.29, 1.82) is 0 Å². The zero-order chi connectivity index (χ0) is 25.4. The summed E-state index contributed by atoms with van der Waals surface area (Å²) in [6.45, 7) is 5.66. The third-order valence-electron chi connectivity index (χ3n) is 5.68. The summed E-state index contributed by atoms with van der Waals surface area (Å²) in [4.78, 5) is 25.0. The lowest BCUT2D eigenvalue weighted by Crippen LogP contribution is -2.14. The fourth-order valence-electron chi connectivity index (χ4n) is 3.88. The van der Waals surface area contributed by atoms with Crippen molar-refractivity contribution < 1.29 is 13.2 Å². The highest BCUT2D eigenvalue weighted by atomic mass is 32.2. The second-order valence-electron chi connectivity index (χ2n) is 8.20. The van der Waals surface area contributed by atoms with Crippen LogP contribution in [0.5, 0.6) is 5.88 Å². The number of nitrogens with zero attached hydrogens (tertiary/aromatic N) is 4. The Hall–Kier alpha value is -4.31. The van der Waals surface area contributed by atoms with Gasteiger partial charge in [0.1, 0.15) is 11.3 Å². The fraction of sp³-hybridized carbons (Fsp3) is 0.154. The van der Waals surface area contributed by atoms with Gasteiger partial charge < -0.3 is 9.72 Å². The summed E-state index contributed by atoms with van der Waals surface area (Å²) in [6, 6.07) is 18.8. The Morgan fingerprint density at radius 1 is 0.944 bits per heavy atom. The molecule has 0 saturated heterocycles. The number of pyridine rings is 1. The predicted octanol–water partition coefficient (Wildman–Crippen LogP) is 4.02. The lowest BCUT2D eigenvalue weighted by Gasteiger charge is -2.11. The van der Waals surface area contributed by atoms with Crippen LogP contribution in [0.1, 0.15) is 18.2 Å². The van der Waals surface area contributed by atoms with Gasteiger partial charge in [0, 0.05) is 0 Å². The molecule has 0 aliphatic carbocycles. The number of hydrogen-bond acceptors (Lipinski definition) is 7. The lowest BCUT2D eigenvalue weighted by atomic mass is 10.2. The minimum atomic E-state index is -3.87. The summed E-state index contributed by atoms with van der Waals surface area (Å²) in [6.07, 6.45) is 0. The molecule has 0 unspecified atom stereocenters. The molecule has 3 heterocycles. The number of benzene rings is 2. The lowest BCUT2D eigenvalue weighted by molar-refractivity contribution is 0.325. The fourth-order valence-corrected chi connectivity index (χ4v) is 5.07. The maximum absolute atomic E-state index is 13.2. The van der Waals surface area contributed by atoms with Crippen LogP contribution in [0.25, 0.3) is 28.1 Å². The highest BCUT2D eigenvalue weighted by Crippen LogP contribution is 2.30. The first-order valence-electron chi connectivity index (χ1n) is 11.3. The van der Waals surface area contributed by atoms with Crippen molar-refractivity contribution in [3.63, 3.8) is 0 Å². The van der Waals surface area contributed by atoms with Crippen LogP contribution in [0.2, 0.25) is 0 Å². The number of para-hydroxylation sites is 1. The molecule has 1 N–H and O–H groups in total. The van der Waals surface area contributed by atoms with Gasteiger partial charge in [0.15, 0.2) is 10.5 Å². The van der Waals surface area contributed by atoms with Crippen LogP contribution < -0.4 is 10.3 Å². The summed E-state index contributed by atoms with van der Waals surface area (Å²) >= 11 is 0. The third-order valence-corrected chi connectivity index (χ3v) is 7.35. The minimum Gasteiger partial charge on any atom is -0.477 e. The Balaban J connectivity index is 1.64. The Bertz CT molecular complexity index is 1740. The standard InChI is InChI=1S/C26H23N5O4S/c1-4-35-26-20(14-15-21(27-26)36(33,34)19-12-10-16(2)11-13-19)24-28-22-17(3)30-31(23(22)25(32)29-24)18-8-6-5-7-9-18/h5-15H,4H2,1-3H3,(H,28,29,32). The van der Waals surface area contributed by atoms with Crippen molar-refractivity contribution in [3.05, 3.63) is 88.3 Å². The van der Waals surface area contributed by atoms with Crippen molar-refractivity contribution in [1.82, 2.24) is 24.7 Å². The highest BCUT2D eigenvalue weighted by molar-refractivity contribution is 7.91. The molecule has 2 aromatic carbocycles. The summed E-state index contributed by atoms with van der Waals surface area (Å²) in [5.41, 5.74) is 2.97. The van der Waals surface area contributed by atoms with E-state index in [0.29, 0.717) is 22.3 Å². The minimum absolute atomic E-state index is 0.0568. The maximum atomic E-state index is 13.2. The molecule has 3 aromatic heterocycles. The number of aryl methyl sites for hydroxylation is 2. The van der Waals surface area contributed by atoms with Gasteiger partial charge in [-0.3, -0.25) is 4.79 Å². The van der Waals surface area contributed by atoms with Gasteiger partial charge in [-0.2, -0.15) is 5.10 Å². The topological polar surface area (TPSA) is 120 Å². The molecule has 0 aliphatic rings. The third kappa shape index (κ3) is 4.05. The van der Waals surface area contributed by atoms with Crippen molar-refractivity contribution in [3.8, 4) is 23.0 Å². The quantitative estimate of drug-likeness (QED) is 0.373. The van der Waals surface area contributed by atoms with Gasteiger partial charge >= 0.3 is 0 Å². The molecule has 10 heteroatoms. The maximum Gasteiger partial charge on any atom is 0.277 e. The van der Waals surface area contributed by atoms with Crippen LogP contribution in [-0.4, -0.2) is 39.8 Å². The molecule has 0 amide bonds. The van der Waals surface area contributed by atoms with E-state index in [0.717, 1.165) is 11.3 Å². The van der Waals surface area contributed by atoms with Gasteiger partial charge in [0.05, 0.1) is 28.4 Å². The second kappa shape index (κ2) is 9.04. The summed E-state index contributed by atoms with van der Waals surface area (Å²) < 4.78 is 33.6. The second-order valence-corrected chi connectivity index (χ2v) is 10.1. The number of fused-ring (bicyclic) bond motifs is 1. The number of ether oxygens (including phenoxy) is 1. The predicted molar refractivity (Wildman–Crippen MR) is 135 cm³/mol. The van der Waals surface area contributed by atoms with Crippen LogP contribution >= 0.6 is 0 Å². The van der Waals surface area contributed by atoms with Gasteiger partial charge in [0.2, 0.25) is 15.7 Å². The van der Waals surface area contributed by atoms with E-state index in [1.807, 2.05) is 37.3 Å². The van der Waals surface area contributed by atoms with Gasteiger partial charge in [0.25, 0.3) is 5.56 Å². The molecule has 5 rings (SSSR count). The van der Waals surface area contributed by atoms with E-state index in [1.54, 1.807) is 48.9 Å². The molecule has 36 heavy (non-hydrogen) atoms. The monoisotopic (exact) mass is 501 g/mol. The van der Waals surface area contributed by atoms with E-state index in [-0.39, 0.29) is 28.2 Å². The Labute approximate surface area is 207 Å². The molecule has 5 aromatic rings. The molecule has 182 valence electrons. The van der Waals surface area contributed by atoms with Crippen LogP contribution in [0.4, 0.5) is 0 Å². The molecular formula is C26H23N5O4S. The summed E-state index contributed by atoms with van der Waals surface area (Å²) in [5.74, 6) is 0.264. The van der Waals surface area contributed by atoms with E-state index in [2.05, 4.69) is 20.1 Å². The number of nitrogens with one attached hydrogen (secondary N) is 1. The van der Waals surface area contributed by atoms with E-state index >= 15 is 0 Å². The summed E-state index contributed by atoms with van der Waals surface area (Å²) in [7, 11) is -3.87. The Morgan fingerprint density at radius 2 is 1.67 bits per heavy atom. The molecule has 0 atom stereocenters. The smallest absolute Gasteiger partial charge is 0.277 e. The zero-order valence-corrected chi connectivity index (χ0v) is 20.7. The van der Waals surface area contributed by atoms with Gasteiger partial charge in [-0.15, -0.1) is 0 Å². The molecule has 0 saturated carbocycles. The normalized spacial score (nSPS) is 11.6. The molecule has 0 radical (unpaired) electrons. The number of sulfone groups is 1. The Morgan fingerprint density at radius 3 is 2.36 bits per heavy atom. The number of aromatic nitrogens is 5. The van der Waals surface area contributed by atoms with Crippen molar-refractivity contribution in [2.75, 3.05) is 6.61 Å². The molecular weight excluding hydrogens is 478 g/mol. The first kappa shape index (κ1) is 23.4. The van der Waals surface area contributed by atoms with E-state index < -0.39 is 15.4 Å². The van der Waals surface area contributed by atoms with Gasteiger partial charge in [-0.1, -0.05) is 35.9 Å². The van der Waals surface area contributed by atoms with Crippen LogP contribution in [0.3, 0.4) is 0 Å². The van der Waals surface area contributed by atoms with Crippen LogP contribution in [0, 0.1) is 13.8 Å². The number of aromatic amines is 1. The van der Waals surface area contributed by atoms with E-state index in [1.165, 1.54) is 6.07 Å². The van der Waals surface area contributed by atoms with Gasteiger partial charge in [-0.05, 0) is 57.2 Å². The van der Waals surface area contributed by atoms with Gasteiger partial charge in [-0.25, -0.2) is 23.1 Å². The first-order chi connectivity index (χ1) is 17.3. The SMILES string of the molecule is CCOc1nc(S(=O)(=O)c2ccc(C)cc2)ccc1-c1nc2c(C)nn(-c3ccccc3)c2c(=O)[nH]1. The largest absolute Gasteiger partial charge is 0.477 e. The van der Waals surface area contributed by atoms with E-state index in [4.69, 9.17) is 4.74 Å². The summed E-state index contributed by atoms with van der Waals surface area (Å²) in [5, 5.41) is 4.35. The molecule has 0 aliphatic heterocycles. The number of hydrogen-bond donors (Lipinski definition) is 1. The Kier molecular flexibility index (Phi) is 5.89. The molecule has 9 nitrogen and oxygen atoms in total. The van der Waals surface area contributed by atoms with Crippen molar-refractivity contribution >= 4 is 20.9 Å². The zero-order valence-electron chi connectivity index (χ0n) is 19.9. The average Bonchev–Trinajstić information content (AvgIpc) is 3.22. The highest BCUT2D eigenvalue weighted by Gasteiger charge is 2.23.